The van der Waals surface area contributed by atoms with Crippen LogP contribution in [0.25, 0.3) is 0 Å². The number of aliphatic hydroxyl groups excluding tert-OH is 1. The summed E-state index contributed by atoms with van der Waals surface area (Å²) in [7, 11) is 0. The molecule has 0 unspecified atom stereocenters. The monoisotopic (exact) mass is 282 g/mol. The Labute approximate surface area is 120 Å². The van der Waals surface area contributed by atoms with E-state index >= 15 is 0 Å². The second-order valence-corrected chi connectivity index (χ2v) is 6.54. The van der Waals surface area contributed by atoms with Gasteiger partial charge in [-0.15, -0.1) is 0 Å². The van der Waals surface area contributed by atoms with Crippen molar-refractivity contribution in [3.63, 3.8) is 0 Å². The van der Waals surface area contributed by atoms with Crippen molar-refractivity contribution in [2.75, 3.05) is 13.2 Å². The highest BCUT2D eigenvalue weighted by molar-refractivity contribution is 5.65. The maximum absolute atomic E-state index is 11.0. The van der Waals surface area contributed by atoms with Crippen LogP contribution in [0.2, 0.25) is 0 Å². The summed E-state index contributed by atoms with van der Waals surface area (Å²) in [6, 6.07) is 0. The zero-order valence-electron chi connectivity index (χ0n) is 12.5. The minimum atomic E-state index is -0.683. The van der Waals surface area contributed by atoms with Gasteiger partial charge in [0.15, 0.2) is 0 Å². The predicted octanol–water partition coefficient (Wildman–Crippen LogP) is 2.19. The van der Waals surface area contributed by atoms with Crippen molar-refractivity contribution in [2.24, 2.45) is 11.3 Å². The number of rotatable bonds is 4. The van der Waals surface area contributed by atoms with E-state index in [4.69, 9.17) is 9.84 Å². The maximum Gasteiger partial charge on any atom is 0.302 e. The molecule has 0 aromatic rings. The molecule has 3 atom stereocenters. The lowest BCUT2D eigenvalue weighted by Gasteiger charge is -2.47. The average molecular weight is 282 g/mol. The SMILES string of the molecule is CC(=O)OC[C@H]1CC[C@]2(O)C/C(=C\CCO)CC[C@]12C. The van der Waals surface area contributed by atoms with Crippen LogP contribution < -0.4 is 0 Å². The van der Waals surface area contributed by atoms with Gasteiger partial charge in [-0.3, -0.25) is 4.79 Å². The number of hydrogen-bond donors (Lipinski definition) is 2. The smallest absolute Gasteiger partial charge is 0.302 e. The fraction of sp³-hybridized carbons (Fsp3) is 0.812. The third kappa shape index (κ3) is 2.77. The summed E-state index contributed by atoms with van der Waals surface area (Å²) in [5, 5.41) is 19.9. The van der Waals surface area contributed by atoms with Gasteiger partial charge in [-0.05, 0) is 38.5 Å². The predicted molar refractivity (Wildman–Crippen MR) is 76.1 cm³/mol. The van der Waals surface area contributed by atoms with Crippen molar-refractivity contribution in [2.45, 2.75) is 58.0 Å². The van der Waals surface area contributed by atoms with Crippen molar-refractivity contribution < 1.29 is 19.7 Å². The van der Waals surface area contributed by atoms with Crippen molar-refractivity contribution in [3.8, 4) is 0 Å². The van der Waals surface area contributed by atoms with Crippen molar-refractivity contribution >= 4 is 5.97 Å². The van der Waals surface area contributed by atoms with Crippen LogP contribution in [0.5, 0.6) is 0 Å². The van der Waals surface area contributed by atoms with Crippen LogP contribution in [0.15, 0.2) is 11.6 Å². The summed E-state index contributed by atoms with van der Waals surface area (Å²) in [6.07, 6.45) is 7.00. The van der Waals surface area contributed by atoms with E-state index in [1.807, 2.05) is 0 Å². The van der Waals surface area contributed by atoms with Crippen molar-refractivity contribution in [1.82, 2.24) is 0 Å². The zero-order valence-corrected chi connectivity index (χ0v) is 12.5. The lowest BCUT2D eigenvalue weighted by Crippen LogP contribution is -2.48. The first-order valence-electron chi connectivity index (χ1n) is 7.56. The van der Waals surface area contributed by atoms with Gasteiger partial charge in [0.05, 0.1) is 12.2 Å². The molecule has 0 bridgehead atoms. The molecule has 2 aliphatic rings. The molecule has 2 N–H and O–H groups in total. The molecule has 114 valence electrons. The Balaban J connectivity index is 2.08. The van der Waals surface area contributed by atoms with Crippen molar-refractivity contribution in [3.05, 3.63) is 11.6 Å². The molecular weight excluding hydrogens is 256 g/mol. The number of hydrogen-bond acceptors (Lipinski definition) is 4. The zero-order chi connectivity index (χ0) is 14.8. The van der Waals surface area contributed by atoms with E-state index in [0.29, 0.717) is 19.4 Å². The molecule has 0 aromatic heterocycles. The standard InChI is InChI=1S/C16H26O4/c1-12(18)20-11-14-6-8-16(19)10-13(4-3-9-17)5-7-15(14,16)2/h4,14,17,19H,3,5-11H2,1-2H3/b13-4-/t14-,15-,16+/m1/s1. The minimum absolute atomic E-state index is 0.161. The largest absolute Gasteiger partial charge is 0.466 e. The summed E-state index contributed by atoms with van der Waals surface area (Å²) in [5.41, 5.74) is 0.406. The second-order valence-electron chi connectivity index (χ2n) is 6.54. The first-order chi connectivity index (χ1) is 9.41. The molecule has 2 rings (SSSR count). The van der Waals surface area contributed by atoms with Gasteiger partial charge < -0.3 is 14.9 Å². The average Bonchev–Trinajstić information content (AvgIpc) is 2.65. The molecule has 0 amide bonds. The number of esters is 1. The van der Waals surface area contributed by atoms with Crippen LogP contribution in [0.4, 0.5) is 0 Å². The number of ether oxygens (including phenoxy) is 1. The Bertz CT molecular complexity index is 403. The molecule has 0 aromatic carbocycles. The molecule has 2 aliphatic carbocycles. The van der Waals surface area contributed by atoms with Gasteiger partial charge in [-0.2, -0.15) is 0 Å². The quantitative estimate of drug-likeness (QED) is 0.613. The van der Waals surface area contributed by atoms with E-state index < -0.39 is 5.60 Å². The second kappa shape index (κ2) is 5.86. The first-order valence-corrected chi connectivity index (χ1v) is 7.56. The molecule has 0 spiro atoms. The highest BCUT2D eigenvalue weighted by Gasteiger charge is 2.58. The molecule has 2 saturated carbocycles. The summed E-state index contributed by atoms with van der Waals surface area (Å²) < 4.78 is 5.18. The van der Waals surface area contributed by atoms with Gasteiger partial charge in [0, 0.05) is 24.9 Å². The van der Waals surface area contributed by atoms with Crippen LogP contribution >= 0.6 is 0 Å². The molecule has 0 heterocycles. The number of carbonyl (C=O) groups excluding carboxylic acids is 1. The van der Waals surface area contributed by atoms with E-state index in [2.05, 4.69) is 13.0 Å². The number of fused-ring (bicyclic) bond motifs is 1. The van der Waals surface area contributed by atoms with Crippen LogP contribution in [0.1, 0.15) is 52.4 Å². The Morgan fingerprint density at radius 1 is 1.50 bits per heavy atom. The Morgan fingerprint density at radius 3 is 2.90 bits per heavy atom. The summed E-state index contributed by atoms with van der Waals surface area (Å²) >= 11 is 0. The van der Waals surface area contributed by atoms with E-state index in [1.54, 1.807) is 0 Å². The maximum atomic E-state index is 11.0. The van der Waals surface area contributed by atoms with Gasteiger partial charge in [0.1, 0.15) is 0 Å². The molecule has 4 nitrogen and oxygen atoms in total. The van der Waals surface area contributed by atoms with E-state index in [-0.39, 0.29) is 23.9 Å². The van der Waals surface area contributed by atoms with E-state index in [9.17, 15) is 9.90 Å². The van der Waals surface area contributed by atoms with Crippen LogP contribution in [-0.2, 0) is 9.53 Å². The lowest BCUT2D eigenvalue weighted by molar-refractivity contribution is -0.146. The van der Waals surface area contributed by atoms with Gasteiger partial charge in [0.25, 0.3) is 0 Å². The van der Waals surface area contributed by atoms with Gasteiger partial charge in [-0.1, -0.05) is 18.6 Å². The Kier molecular flexibility index (Phi) is 4.55. The van der Waals surface area contributed by atoms with Crippen molar-refractivity contribution in [1.29, 1.82) is 0 Å². The highest BCUT2D eigenvalue weighted by atomic mass is 16.5. The third-order valence-electron chi connectivity index (χ3n) is 5.41. The van der Waals surface area contributed by atoms with Crippen LogP contribution in [0, 0.1) is 11.3 Å². The minimum Gasteiger partial charge on any atom is -0.466 e. The summed E-state index contributed by atoms with van der Waals surface area (Å²) in [5.74, 6) is -0.000767. The van der Waals surface area contributed by atoms with Crippen LogP contribution in [0.3, 0.4) is 0 Å². The normalized spacial score (nSPS) is 38.8. The fourth-order valence-corrected chi connectivity index (χ4v) is 3.94. The number of aliphatic hydroxyl groups is 2. The molecule has 0 saturated heterocycles. The third-order valence-corrected chi connectivity index (χ3v) is 5.41. The topological polar surface area (TPSA) is 66.8 Å². The van der Waals surface area contributed by atoms with Crippen LogP contribution in [-0.4, -0.2) is 35.0 Å². The lowest BCUT2D eigenvalue weighted by atomic mass is 9.61. The highest BCUT2D eigenvalue weighted by Crippen LogP contribution is 2.59. The molecular formula is C16H26O4. The molecule has 4 heteroatoms. The summed E-state index contributed by atoms with van der Waals surface area (Å²) in [4.78, 5) is 11.0. The molecule has 0 radical (unpaired) electrons. The Morgan fingerprint density at radius 2 is 2.25 bits per heavy atom. The Hall–Kier alpha value is -0.870. The van der Waals surface area contributed by atoms with Gasteiger partial charge in [-0.25, -0.2) is 0 Å². The number of carbonyl (C=O) groups is 1. The molecule has 2 fully saturated rings. The first kappa shape index (κ1) is 15.5. The van der Waals surface area contributed by atoms with E-state index in [1.165, 1.54) is 12.5 Å². The summed E-state index contributed by atoms with van der Waals surface area (Å²) in [6.45, 7) is 4.15. The fourth-order valence-electron chi connectivity index (χ4n) is 3.94. The molecule has 20 heavy (non-hydrogen) atoms. The van der Waals surface area contributed by atoms with Gasteiger partial charge >= 0.3 is 5.97 Å². The molecule has 0 aliphatic heterocycles. The van der Waals surface area contributed by atoms with E-state index in [0.717, 1.165) is 25.7 Å². The van der Waals surface area contributed by atoms with Gasteiger partial charge in [0.2, 0.25) is 0 Å².